The van der Waals surface area contributed by atoms with Crippen LogP contribution in [0.4, 0.5) is 21.5 Å². The molecule has 1 heterocycles. The zero-order chi connectivity index (χ0) is 28.8. The first-order chi connectivity index (χ1) is 19.2. The van der Waals surface area contributed by atoms with Crippen LogP contribution in [0.1, 0.15) is 30.0 Å². The highest BCUT2D eigenvalue weighted by Gasteiger charge is 2.29. The summed E-state index contributed by atoms with van der Waals surface area (Å²) in [6.07, 6.45) is 0.907. The Bertz CT molecular complexity index is 1450. The van der Waals surface area contributed by atoms with Crippen molar-refractivity contribution in [2.45, 2.75) is 19.8 Å². The molecule has 4 rings (SSSR count). The maximum Gasteiger partial charge on any atom is 0.309 e. The molecule has 0 unspecified atom stereocenters. The second kappa shape index (κ2) is 12.6. The Balaban J connectivity index is 1.72. The first-order valence-corrected chi connectivity index (χ1v) is 13.0. The minimum atomic E-state index is -0.453. The molecule has 0 aromatic heterocycles. The summed E-state index contributed by atoms with van der Waals surface area (Å²) in [7, 11) is 5.32. The van der Waals surface area contributed by atoms with Crippen molar-refractivity contribution in [1.29, 1.82) is 0 Å². The number of anilines is 3. The van der Waals surface area contributed by atoms with Gasteiger partial charge in [-0.3, -0.25) is 14.4 Å². The minimum Gasteiger partial charge on any atom is -0.469 e. The number of esters is 1. The molecule has 3 aromatic rings. The number of ether oxygens (including phenoxy) is 1. The molecule has 0 spiro atoms. The molecule has 0 fully saturated rings. The van der Waals surface area contributed by atoms with Gasteiger partial charge in [0.05, 0.1) is 30.5 Å². The second-order valence-corrected chi connectivity index (χ2v) is 9.85. The number of fused-ring (bicyclic) bond motifs is 1. The van der Waals surface area contributed by atoms with E-state index in [2.05, 4.69) is 15.5 Å². The van der Waals surface area contributed by atoms with E-state index in [0.29, 0.717) is 45.9 Å². The molecule has 1 aliphatic rings. The number of amides is 2. The van der Waals surface area contributed by atoms with Crippen LogP contribution in [0.3, 0.4) is 0 Å². The molecule has 3 aromatic carbocycles. The van der Waals surface area contributed by atoms with Gasteiger partial charge in [0.25, 0.3) is 5.91 Å². The molecule has 0 aliphatic carbocycles. The van der Waals surface area contributed by atoms with E-state index in [4.69, 9.17) is 4.74 Å². The summed E-state index contributed by atoms with van der Waals surface area (Å²) in [5, 5.41) is 6.12. The van der Waals surface area contributed by atoms with E-state index in [1.807, 2.05) is 56.6 Å². The summed E-state index contributed by atoms with van der Waals surface area (Å²) in [6.45, 7) is 3.00. The fourth-order valence-electron chi connectivity index (χ4n) is 4.63. The molecule has 2 N–H and O–H groups in total. The van der Waals surface area contributed by atoms with Crippen LogP contribution in [0.2, 0.25) is 0 Å². The Morgan fingerprint density at radius 3 is 2.42 bits per heavy atom. The number of nitrogens with one attached hydrogen (secondary N) is 2. The molecule has 0 atom stereocenters. The number of methoxy groups -OCH3 is 1. The highest BCUT2D eigenvalue weighted by Crippen LogP contribution is 2.38. The molecular weight excluding hydrogens is 511 g/mol. The molecule has 40 heavy (non-hydrogen) atoms. The zero-order valence-electron chi connectivity index (χ0n) is 23.1. The lowest BCUT2D eigenvalue weighted by Crippen LogP contribution is -2.31. The SMILES string of the molecule is COC(=O)Cc1cccc(/C(Nc2ccc(N(CCCN(C)C)C(C)=O)cc2)=C2/C(=O)Nc3cc(F)ccc32)c1. The number of nitrogens with zero attached hydrogens (tertiary/aromatic N) is 2. The van der Waals surface area contributed by atoms with E-state index < -0.39 is 5.82 Å². The van der Waals surface area contributed by atoms with Gasteiger partial charge in [0.1, 0.15) is 5.82 Å². The quantitative estimate of drug-likeness (QED) is 0.282. The van der Waals surface area contributed by atoms with E-state index in [-0.39, 0.29) is 24.2 Å². The van der Waals surface area contributed by atoms with E-state index in [1.165, 1.54) is 19.2 Å². The van der Waals surface area contributed by atoms with Crippen LogP contribution in [0, 0.1) is 5.82 Å². The largest absolute Gasteiger partial charge is 0.469 e. The Morgan fingerprint density at radius 2 is 1.75 bits per heavy atom. The molecule has 0 radical (unpaired) electrons. The lowest BCUT2D eigenvalue weighted by Gasteiger charge is -2.23. The predicted molar refractivity (Wildman–Crippen MR) is 155 cm³/mol. The number of carbonyl (C=O) groups excluding carboxylic acids is 3. The normalized spacial score (nSPS) is 13.5. The number of hydrogen-bond acceptors (Lipinski definition) is 6. The van der Waals surface area contributed by atoms with Gasteiger partial charge in [0, 0.05) is 30.4 Å². The van der Waals surface area contributed by atoms with Crippen molar-refractivity contribution < 1.29 is 23.5 Å². The van der Waals surface area contributed by atoms with Crippen molar-refractivity contribution >= 4 is 46.1 Å². The predicted octanol–water partition coefficient (Wildman–Crippen LogP) is 4.78. The molecule has 0 bridgehead atoms. The summed E-state index contributed by atoms with van der Waals surface area (Å²) in [4.78, 5) is 41.2. The zero-order valence-corrected chi connectivity index (χ0v) is 23.1. The number of halogens is 1. The Kier molecular flexibility index (Phi) is 8.96. The van der Waals surface area contributed by atoms with Crippen molar-refractivity contribution in [3.63, 3.8) is 0 Å². The van der Waals surface area contributed by atoms with Crippen molar-refractivity contribution in [1.82, 2.24) is 4.90 Å². The fraction of sp³-hybridized carbons (Fsp3) is 0.258. The summed E-state index contributed by atoms with van der Waals surface area (Å²) >= 11 is 0. The van der Waals surface area contributed by atoms with Gasteiger partial charge in [-0.25, -0.2) is 4.39 Å². The van der Waals surface area contributed by atoms with Crippen LogP contribution in [-0.4, -0.2) is 57.0 Å². The molecule has 208 valence electrons. The lowest BCUT2D eigenvalue weighted by atomic mass is 9.98. The monoisotopic (exact) mass is 544 g/mol. The molecule has 0 saturated heterocycles. The number of carbonyl (C=O) groups is 3. The van der Waals surface area contributed by atoms with E-state index in [1.54, 1.807) is 24.0 Å². The standard InChI is InChI=1S/C31H33FN4O4/c1-20(37)36(16-6-15-35(2)3)25-12-10-24(11-13-25)33-30(22-8-5-7-21(17-22)18-28(38)40-4)29-26-14-9-23(32)19-27(26)34-31(29)39/h5,7-14,17,19,33H,6,15-16,18H2,1-4H3,(H,34,39)/b30-29-. The molecule has 8 nitrogen and oxygen atoms in total. The second-order valence-electron chi connectivity index (χ2n) is 9.85. The minimum absolute atomic E-state index is 0.0452. The van der Waals surface area contributed by atoms with Crippen LogP contribution >= 0.6 is 0 Å². The van der Waals surface area contributed by atoms with Gasteiger partial charge >= 0.3 is 5.97 Å². The van der Waals surface area contributed by atoms with Gasteiger partial charge in [-0.1, -0.05) is 18.2 Å². The third-order valence-corrected chi connectivity index (χ3v) is 6.58. The Hall–Kier alpha value is -4.50. The average molecular weight is 545 g/mol. The van der Waals surface area contributed by atoms with Crippen molar-refractivity contribution in [3.8, 4) is 0 Å². The van der Waals surface area contributed by atoms with Crippen molar-refractivity contribution in [2.24, 2.45) is 0 Å². The highest BCUT2D eigenvalue weighted by atomic mass is 19.1. The highest BCUT2D eigenvalue weighted by molar-refractivity contribution is 6.37. The van der Waals surface area contributed by atoms with Gasteiger partial charge in [-0.2, -0.15) is 0 Å². The summed E-state index contributed by atoms with van der Waals surface area (Å²) in [5.41, 5.74) is 4.63. The maximum atomic E-state index is 13.9. The van der Waals surface area contributed by atoms with Gasteiger partial charge in [-0.15, -0.1) is 0 Å². The molecule has 2 amide bonds. The summed E-state index contributed by atoms with van der Waals surface area (Å²) < 4.78 is 18.7. The Labute approximate surface area is 233 Å². The third-order valence-electron chi connectivity index (χ3n) is 6.58. The van der Waals surface area contributed by atoms with Gasteiger partial charge in [0.15, 0.2) is 0 Å². The number of benzene rings is 3. The van der Waals surface area contributed by atoms with Gasteiger partial charge < -0.3 is 25.2 Å². The third kappa shape index (κ3) is 6.73. The van der Waals surface area contributed by atoms with Gasteiger partial charge in [0.2, 0.25) is 5.91 Å². The first-order valence-electron chi connectivity index (χ1n) is 13.0. The van der Waals surface area contributed by atoms with Crippen molar-refractivity contribution in [2.75, 3.05) is 49.8 Å². The first kappa shape index (κ1) is 28.5. The van der Waals surface area contributed by atoms with Crippen molar-refractivity contribution in [3.05, 3.63) is 89.2 Å². The summed E-state index contributed by atoms with van der Waals surface area (Å²) in [6, 6.07) is 18.8. The van der Waals surface area contributed by atoms with Crippen LogP contribution in [0.5, 0.6) is 0 Å². The van der Waals surface area contributed by atoms with Crippen LogP contribution in [-0.2, 0) is 25.5 Å². The Morgan fingerprint density at radius 1 is 1.00 bits per heavy atom. The van der Waals surface area contributed by atoms with Gasteiger partial charge in [-0.05, 0) is 86.7 Å². The molecule has 9 heteroatoms. The maximum absolute atomic E-state index is 13.9. The van der Waals surface area contributed by atoms with Crippen LogP contribution in [0.15, 0.2) is 66.7 Å². The lowest BCUT2D eigenvalue weighted by molar-refractivity contribution is -0.139. The summed E-state index contributed by atoms with van der Waals surface area (Å²) in [5.74, 6) is -1.25. The number of hydrogen-bond donors (Lipinski definition) is 2. The average Bonchev–Trinajstić information content (AvgIpc) is 3.24. The molecule has 0 saturated carbocycles. The van der Waals surface area contributed by atoms with E-state index >= 15 is 0 Å². The smallest absolute Gasteiger partial charge is 0.309 e. The van der Waals surface area contributed by atoms with E-state index in [9.17, 15) is 18.8 Å². The fourth-order valence-corrected chi connectivity index (χ4v) is 4.63. The molecular formula is C31H33FN4O4. The molecule has 1 aliphatic heterocycles. The van der Waals surface area contributed by atoms with E-state index in [0.717, 1.165) is 18.7 Å². The van der Waals surface area contributed by atoms with Crippen LogP contribution in [0.25, 0.3) is 11.3 Å². The van der Waals surface area contributed by atoms with Crippen LogP contribution < -0.4 is 15.5 Å². The topological polar surface area (TPSA) is 91.0 Å². The number of rotatable bonds is 10.